The summed E-state index contributed by atoms with van der Waals surface area (Å²) in [6, 6.07) is -2.07. The first-order valence-corrected chi connectivity index (χ1v) is 5.18. The normalized spacial score (nSPS) is 13.5. The third-order valence-electron chi connectivity index (χ3n) is 1.76. The van der Waals surface area contributed by atoms with Gasteiger partial charge >= 0.3 is 24.0 Å². The Morgan fingerprint density at radius 3 is 2.00 bits per heavy atom. The van der Waals surface area contributed by atoms with Crippen LogP contribution in [0.4, 0.5) is 13.6 Å². The van der Waals surface area contributed by atoms with E-state index < -0.39 is 42.0 Å². The number of hydrogen-bond acceptors (Lipinski definition) is 4. The number of carbonyl (C=O) groups is 3. The van der Waals surface area contributed by atoms with E-state index >= 15 is 0 Å². The van der Waals surface area contributed by atoms with E-state index in [4.69, 9.17) is 10.2 Å². The van der Waals surface area contributed by atoms with E-state index in [0.29, 0.717) is 0 Å². The molecule has 0 bridgehead atoms. The number of carboxylic acids is 2. The van der Waals surface area contributed by atoms with Gasteiger partial charge in [-0.3, -0.25) is 0 Å². The number of halogens is 2. The van der Waals surface area contributed by atoms with Crippen LogP contribution in [0.5, 0.6) is 0 Å². The number of carboxylic acid groups (broad SMARTS) is 2. The lowest BCUT2D eigenvalue weighted by molar-refractivity contribution is -0.168. The standard InChI is InChI=1S/C10H15F2NO6/c1-9(2,3)19-8(18)13-5(6(14)15)4-10(11,12)7(16)17/h5H,4H2,1-3H3,(H,13,18)(H,14,15)(H,16,17). The van der Waals surface area contributed by atoms with Gasteiger partial charge < -0.3 is 20.3 Å². The Morgan fingerprint density at radius 1 is 1.21 bits per heavy atom. The monoisotopic (exact) mass is 283 g/mol. The van der Waals surface area contributed by atoms with E-state index in [-0.39, 0.29) is 0 Å². The lowest BCUT2D eigenvalue weighted by Gasteiger charge is -2.23. The summed E-state index contributed by atoms with van der Waals surface area (Å²) in [5.74, 6) is -8.52. The van der Waals surface area contributed by atoms with Crippen LogP contribution >= 0.6 is 0 Å². The average molecular weight is 283 g/mol. The van der Waals surface area contributed by atoms with E-state index in [1.54, 1.807) is 5.32 Å². The maximum Gasteiger partial charge on any atom is 0.408 e. The molecular weight excluding hydrogens is 268 g/mol. The number of ether oxygens (including phenoxy) is 1. The number of amides is 1. The highest BCUT2D eigenvalue weighted by Gasteiger charge is 2.44. The summed E-state index contributed by atoms with van der Waals surface area (Å²) in [5.41, 5.74) is -0.942. The molecule has 0 fully saturated rings. The van der Waals surface area contributed by atoms with Crippen LogP contribution in [0.1, 0.15) is 27.2 Å². The van der Waals surface area contributed by atoms with Gasteiger partial charge in [-0.25, -0.2) is 14.4 Å². The van der Waals surface area contributed by atoms with Crippen molar-refractivity contribution in [2.24, 2.45) is 0 Å². The van der Waals surface area contributed by atoms with Crippen LogP contribution in [0.15, 0.2) is 0 Å². The maximum atomic E-state index is 12.9. The summed E-state index contributed by atoms with van der Waals surface area (Å²) in [6.45, 7) is 4.48. The lowest BCUT2D eigenvalue weighted by Crippen LogP contribution is -2.47. The Bertz CT molecular complexity index is 377. The molecule has 19 heavy (non-hydrogen) atoms. The van der Waals surface area contributed by atoms with Gasteiger partial charge in [0.15, 0.2) is 0 Å². The Hall–Kier alpha value is -1.93. The molecule has 0 spiro atoms. The molecule has 1 unspecified atom stereocenters. The zero-order valence-electron chi connectivity index (χ0n) is 10.6. The smallest absolute Gasteiger partial charge is 0.408 e. The molecule has 0 aliphatic rings. The summed E-state index contributed by atoms with van der Waals surface area (Å²) >= 11 is 0. The third kappa shape index (κ3) is 6.53. The minimum atomic E-state index is -4.27. The van der Waals surface area contributed by atoms with Crippen molar-refractivity contribution in [3.63, 3.8) is 0 Å². The molecule has 9 heteroatoms. The summed E-state index contributed by atoms with van der Waals surface area (Å²) in [7, 11) is 0. The van der Waals surface area contributed by atoms with Crippen LogP contribution in [-0.4, -0.2) is 45.8 Å². The second kappa shape index (κ2) is 5.81. The van der Waals surface area contributed by atoms with Gasteiger partial charge in [0.2, 0.25) is 0 Å². The molecule has 1 amide bonds. The summed E-state index contributed by atoms with van der Waals surface area (Å²) in [4.78, 5) is 32.2. The van der Waals surface area contributed by atoms with Crippen LogP contribution in [0.2, 0.25) is 0 Å². The molecule has 110 valence electrons. The van der Waals surface area contributed by atoms with Gasteiger partial charge in [0.25, 0.3) is 0 Å². The fourth-order valence-corrected chi connectivity index (χ4v) is 0.994. The second-order valence-corrected chi connectivity index (χ2v) is 4.75. The van der Waals surface area contributed by atoms with E-state index in [0.717, 1.165) is 0 Å². The topological polar surface area (TPSA) is 113 Å². The Kier molecular flexibility index (Phi) is 5.22. The molecule has 3 N–H and O–H groups in total. The van der Waals surface area contributed by atoms with Crippen molar-refractivity contribution in [2.75, 3.05) is 0 Å². The Morgan fingerprint density at radius 2 is 1.68 bits per heavy atom. The second-order valence-electron chi connectivity index (χ2n) is 4.75. The molecule has 0 aromatic heterocycles. The molecule has 0 saturated heterocycles. The highest BCUT2D eigenvalue weighted by Crippen LogP contribution is 2.21. The van der Waals surface area contributed by atoms with E-state index in [9.17, 15) is 23.2 Å². The van der Waals surface area contributed by atoms with Gasteiger partial charge in [0, 0.05) is 0 Å². The van der Waals surface area contributed by atoms with Crippen LogP contribution < -0.4 is 5.32 Å². The minimum absolute atomic E-state index is 0.942. The largest absolute Gasteiger partial charge is 0.480 e. The molecule has 0 aliphatic heterocycles. The van der Waals surface area contributed by atoms with Crippen LogP contribution in [0.3, 0.4) is 0 Å². The molecule has 0 aromatic carbocycles. The number of nitrogens with one attached hydrogen (secondary N) is 1. The third-order valence-corrected chi connectivity index (χ3v) is 1.76. The zero-order valence-corrected chi connectivity index (χ0v) is 10.6. The first-order chi connectivity index (χ1) is 8.35. The highest BCUT2D eigenvalue weighted by molar-refractivity contribution is 5.82. The number of alkyl carbamates (subject to hydrolysis) is 1. The summed E-state index contributed by atoms with van der Waals surface area (Å²) in [5, 5.41) is 18.6. The van der Waals surface area contributed by atoms with Gasteiger partial charge in [0.05, 0.1) is 6.42 Å². The summed E-state index contributed by atoms with van der Waals surface area (Å²) in [6.07, 6.45) is -2.79. The van der Waals surface area contributed by atoms with Crippen molar-refractivity contribution in [1.29, 1.82) is 0 Å². The van der Waals surface area contributed by atoms with Crippen molar-refractivity contribution in [3.8, 4) is 0 Å². The Labute approximate surface area is 107 Å². The number of hydrogen-bond donors (Lipinski definition) is 3. The SMILES string of the molecule is CC(C)(C)OC(=O)NC(CC(F)(F)C(=O)O)C(=O)O. The molecule has 0 radical (unpaired) electrons. The van der Waals surface area contributed by atoms with Crippen molar-refractivity contribution < 1.29 is 38.1 Å². The molecular formula is C10H15F2NO6. The number of alkyl halides is 2. The fraction of sp³-hybridized carbons (Fsp3) is 0.700. The van der Waals surface area contributed by atoms with Crippen molar-refractivity contribution >= 4 is 18.0 Å². The van der Waals surface area contributed by atoms with Gasteiger partial charge in [-0.15, -0.1) is 0 Å². The summed E-state index contributed by atoms with van der Waals surface area (Å²) < 4.78 is 30.5. The first kappa shape index (κ1) is 17.1. The molecule has 0 aliphatic carbocycles. The van der Waals surface area contributed by atoms with Crippen molar-refractivity contribution in [3.05, 3.63) is 0 Å². The average Bonchev–Trinajstić information content (AvgIpc) is 2.12. The van der Waals surface area contributed by atoms with E-state index in [2.05, 4.69) is 4.74 Å². The molecule has 0 rings (SSSR count). The Balaban J connectivity index is 4.74. The van der Waals surface area contributed by atoms with Gasteiger partial charge in [-0.2, -0.15) is 8.78 Å². The van der Waals surface area contributed by atoms with Gasteiger partial charge in [-0.1, -0.05) is 0 Å². The number of rotatable bonds is 5. The predicted octanol–water partition coefficient (Wildman–Crippen LogP) is 1.07. The number of carbonyl (C=O) groups excluding carboxylic acids is 1. The quantitative estimate of drug-likeness (QED) is 0.695. The van der Waals surface area contributed by atoms with Crippen LogP contribution in [-0.2, 0) is 14.3 Å². The van der Waals surface area contributed by atoms with Crippen LogP contribution in [0, 0.1) is 0 Å². The van der Waals surface area contributed by atoms with Gasteiger partial charge in [0.1, 0.15) is 11.6 Å². The minimum Gasteiger partial charge on any atom is -0.480 e. The molecule has 0 heterocycles. The van der Waals surface area contributed by atoms with E-state index in [1.165, 1.54) is 20.8 Å². The molecule has 0 saturated carbocycles. The van der Waals surface area contributed by atoms with E-state index in [1.807, 2.05) is 0 Å². The highest BCUT2D eigenvalue weighted by atomic mass is 19.3. The molecule has 7 nitrogen and oxygen atoms in total. The molecule has 1 atom stereocenters. The van der Waals surface area contributed by atoms with Crippen molar-refractivity contribution in [2.45, 2.75) is 44.8 Å². The maximum absolute atomic E-state index is 12.9. The lowest BCUT2D eigenvalue weighted by atomic mass is 10.1. The van der Waals surface area contributed by atoms with Crippen LogP contribution in [0.25, 0.3) is 0 Å². The number of aliphatic carboxylic acids is 2. The van der Waals surface area contributed by atoms with Gasteiger partial charge in [-0.05, 0) is 20.8 Å². The predicted molar refractivity (Wildman–Crippen MR) is 58.0 cm³/mol. The molecule has 0 aromatic rings. The fourth-order valence-electron chi connectivity index (χ4n) is 0.994. The zero-order chi connectivity index (χ0) is 15.4. The van der Waals surface area contributed by atoms with Crippen molar-refractivity contribution in [1.82, 2.24) is 5.32 Å². The first-order valence-electron chi connectivity index (χ1n) is 5.18.